The molecule has 2 aromatic rings. The summed E-state index contributed by atoms with van der Waals surface area (Å²) in [6, 6.07) is 8.23. The van der Waals surface area contributed by atoms with Crippen molar-refractivity contribution < 1.29 is 4.39 Å². The Morgan fingerprint density at radius 2 is 2.20 bits per heavy atom. The molecule has 0 spiro atoms. The van der Waals surface area contributed by atoms with Crippen LogP contribution in [0.3, 0.4) is 0 Å². The van der Waals surface area contributed by atoms with Gasteiger partial charge in [0.05, 0.1) is 0 Å². The molecular weight excluding hydrogens is 193 g/mol. The highest BCUT2D eigenvalue weighted by molar-refractivity contribution is 5.33. The van der Waals surface area contributed by atoms with Gasteiger partial charge in [0.25, 0.3) is 0 Å². The van der Waals surface area contributed by atoms with E-state index in [1.807, 2.05) is 6.07 Å². The maximum Gasteiger partial charge on any atom is 0.129 e. The molecule has 0 unspecified atom stereocenters. The molecule has 2 rings (SSSR count). The van der Waals surface area contributed by atoms with E-state index < -0.39 is 0 Å². The maximum atomic E-state index is 12.8. The second kappa shape index (κ2) is 4.50. The Labute approximate surface area is 87.0 Å². The van der Waals surface area contributed by atoms with Gasteiger partial charge in [-0.25, -0.2) is 14.4 Å². The van der Waals surface area contributed by atoms with Gasteiger partial charge in [0.2, 0.25) is 0 Å². The van der Waals surface area contributed by atoms with E-state index in [1.54, 1.807) is 18.3 Å². The van der Waals surface area contributed by atoms with E-state index in [4.69, 9.17) is 0 Å². The number of benzene rings is 1. The third kappa shape index (κ3) is 2.74. The van der Waals surface area contributed by atoms with Crippen LogP contribution in [0.4, 0.5) is 10.2 Å². The van der Waals surface area contributed by atoms with Crippen LogP contribution in [-0.4, -0.2) is 9.97 Å². The van der Waals surface area contributed by atoms with E-state index in [9.17, 15) is 4.39 Å². The summed E-state index contributed by atoms with van der Waals surface area (Å²) in [6.45, 7) is 0.550. The molecule has 3 nitrogen and oxygen atoms in total. The van der Waals surface area contributed by atoms with Crippen LogP contribution in [0.25, 0.3) is 0 Å². The zero-order valence-electron chi connectivity index (χ0n) is 8.02. The van der Waals surface area contributed by atoms with Crippen LogP contribution < -0.4 is 5.32 Å². The highest BCUT2D eigenvalue weighted by Gasteiger charge is 1.95. The number of nitrogens with one attached hydrogen (secondary N) is 1. The van der Waals surface area contributed by atoms with Crippen LogP contribution in [-0.2, 0) is 6.54 Å². The number of hydrogen-bond acceptors (Lipinski definition) is 3. The molecular formula is C11H10FN3. The second-order valence-electron chi connectivity index (χ2n) is 3.08. The lowest BCUT2D eigenvalue weighted by Gasteiger charge is -2.04. The van der Waals surface area contributed by atoms with Crippen LogP contribution in [0, 0.1) is 5.82 Å². The van der Waals surface area contributed by atoms with Gasteiger partial charge in [-0.3, -0.25) is 0 Å². The Kier molecular flexibility index (Phi) is 2.88. The lowest BCUT2D eigenvalue weighted by atomic mass is 10.2. The Hall–Kier alpha value is -1.97. The summed E-state index contributed by atoms with van der Waals surface area (Å²) in [5, 5.41) is 3.07. The second-order valence-corrected chi connectivity index (χ2v) is 3.08. The average molecular weight is 203 g/mol. The molecule has 0 atom stereocenters. The smallest absolute Gasteiger partial charge is 0.129 e. The lowest BCUT2D eigenvalue weighted by molar-refractivity contribution is 0.626. The SMILES string of the molecule is Fc1cccc(CNc2ccncn2)c1. The van der Waals surface area contributed by atoms with E-state index in [-0.39, 0.29) is 5.82 Å². The van der Waals surface area contributed by atoms with E-state index in [1.165, 1.54) is 18.5 Å². The van der Waals surface area contributed by atoms with Gasteiger partial charge >= 0.3 is 0 Å². The fraction of sp³-hybridized carbons (Fsp3) is 0.0909. The van der Waals surface area contributed by atoms with E-state index >= 15 is 0 Å². The Bertz CT molecular complexity index is 431. The van der Waals surface area contributed by atoms with Crippen LogP contribution in [0.15, 0.2) is 42.9 Å². The molecule has 15 heavy (non-hydrogen) atoms. The molecule has 0 saturated heterocycles. The first-order valence-electron chi connectivity index (χ1n) is 4.59. The van der Waals surface area contributed by atoms with Gasteiger partial charge in [0.1, 0.15) is 18.0 Å². The van der Waals surface area contributed by atoms with Crippen molar-refractivity contribution in [2.24, 2.45) is 0 Å². The molecule has 1 N–H and O–H groups in total. The zero-order chi connectivity index (χ0) is 10.5. The standard InChI is InChI=1S/C11H10FN3/c12-10-3-1-2-9(6-10)7-14-11-4-5-13-8-15-11/h1-6,8H,7H2,(H,13,14,15). The molecule has 76 valence electrons. The van der Waals surface area contributed by atoms with Crippen molar-refractivity contribution in [1.29, 1.82) is 0 Å². The number of halogens is 1. The van der Waals surface area contributed by atoms with Crippen molar-refractivity contribution in [3.8, 4) is 0 Å². The van der Waals surface area contributed by atoms with Crippen molar-refractivity contribution >= 4 is 5.82 Å². The summed E-state index contributed by atoms with van der Waals surface area (Å²) in [4.78, 5) is 7.80. The first kappa shape index (κ1) is 9.58. The molecule has 0 aliphatic heterocycles. The number of nitrogens with zero attached hydrogens (tertiary/aromatic N) is 2. The molecule has 0 aliphatic rings. The van der Waals surface area contributed by atoms with Crippen molar-refractivity contribution in [3.05, 3.63) is 54.2 Å². The summed E-state index contributed by atoms with van der Waals surface area (Å²) in [5.41, 5.74) is 0.883. The minimum atomic E-state index is -0.225. The largest absolute Gasteiger partial charge is 0.366 e. The normalized spacial score (nSPS) is 9.93. The predicted octanol–water partition coefficient (Wildman–Crippen LogP) is 2.23. The fourth-order valence-electron chi connectivity index (χ4n) is 1.23. The molecule has 0 fully saturated rings. The predicted molar refractivity (Wildman–Crippen MR) is 55.8 cm³/mol. The summed E-state index contributed by atoms with van der Waals surface area (Å²) in [5.74, 6) is 0.506. The van der Waals surface area contributed by atoms with Crippen LogP contribution >= 0.6 is 0 Å². The van der Waals surface area contributed by atoms with Gasteiger partial charge in [-0.1, -0.05) is 12.1 Å². The molecule has 0 saturated carbocycles. The zero-order valence-corrected chi connectivity index (χ0v) is 8.02. The maximum absolute atomic E-state index is 12.8. The lowest BCUT2D eigenvalue weighted by Crippen LogP contribution is -2.01. The molecule has 0 amide bonds. The Morgan fingerprint density at radius 1 is 1.27 bits per heavy atom. The van der Waals surface area contributed by atoms with Crippen LogP contribution in [0.5, 0.6) is 0 Å². The van der Waals surface area contributed by atoms with Crippen molar-refractivity contribution in [3.63, 3.8) is 0 Å². The fourth-order valence-corrected chi connectivity index (χ4v) is 1.23. The third-order valence-electron chi connectivity index (χ3n) is 1.94. The minimum Gasteiger partial charge on any atom is -0.366 e. The van der Waals surface area contributed by atoms with E-state index in [0.29, 0.717) is 6.54 Å². The average Bonchev–Trinajstić information content (AvgIpc) is 2.28. The minimum absolute atomic E-state index is 0.225. The quantitative estimate of drug-likeness (QED) is 0.831. The number of rotatable bonds is 3. The monoisotopic (exact) mass is 203 g/mol. The molecule has 0 radical (unpaired) electrons. The molecule has 1 aromatic heterocycles. The molecule has 4 heteroatoms. The van der Waals surface area contributed by atoms with E-state index in [2.05, 4.69) is 15.3 Å². The van der Waals surface area contributed by atoms with Gasteiger partial charge in [-0.05, 0) is 23.8 Å². The number of hydrogen-bond donors (Lipinski definition) is 1. The summed E-state index contributed by atoms with van der Waals surface area (Å²) >= 11 is 0. The highest BCUT2D eigenvalue weighted by atomic mass is 19.1. The van der Waals surface area contributed by atoms with Gasteiger partial charge in [-0.15, -0.1) is 0 Å². The summed E-state index contributed by atoms with van der Waals surface area (Å²) < 4.78 is 12.8. The summed E-state index contributed by atoms with van der Waals surface area (Å²) in [6.07, 6.45) is 3.12. The Balaban J connectivity index is 1.99. The van der Waals surface area contributed by atoms with Gasteiger partial charge in [0, 0.05) is 12.7 Å². The molecule has 1 aromatic carbocycles. The van der Waals surface area contributed by atoms with Crippen LogP contribution in [0.1, 0.15) is 5.56 Å². The first-order chi connectivity index (χ1) is 7.34. The van der Waals surface area contributed by atoms with Gasteiger partial charge < -0.3 is 5.32 Å². The van der Waals surface area contributed by atoms with Crippen molar-refractivity contribution in [1.82, 2.24) is 9.97 Å². The van der Waals surface area contributed by atoms with Gasteiger partial charge in [-0.2, -0.15) is 0 Å². The molecule has 0 aliphatic carbocycles. The summed E-state index contributed by atoms with van der Waals surface area (Å²) in [7, 11) is 0. The van der Waals surface area contributed by atoms with Crippen molar-refractivity contribution in [2.45, 2.75) is 6.54 Å². The topological polar surface area (TPSA) is 37.8 Å². The first-order valence-corrected chi connectivity index (χ1v) is 4.59. The number of anilines is 1. The number of aromatic nitrogens is 2. The molecule has 1 heterocycles. The Morgan fingerprint density at radius 3 is 2.93 bits per heavy atom. The van der Waals surface area contributed by atoms with E-state index in [0.717, 1.165) is 11.4 Å². The third-order valence-corrected chi connectivity index (χ3v) is 1.94. The van der Waals surface area contributed by atoms with Crippen LogP contribution in [0.2, 0.25) is 0 Å². The molecule has 0 bridgehead atoms. The highest BCUT2D eigenvalue weighted by Crippen LogP contribution is 2.06. The van der Waals surface area contributed by atoms with Crippen molar-refractivity contribution in [2.75, 3.05) is 5.32 Å². The van der Waals surface area contributed by atoms with Gasteiger partial charge in [0.15, 0.2) is 0 Å².